The predicted molar refractivity (Wildman–Crippen MR) is 96.0 cm³/mol. The van der Waals surface area contributed by atoms with E-state index < -0.39 is 0 Å². The van der Waals surface area contributed by atoms with Gasteiger partial charge in [0.2, 0.25) is 0 Å². The number of nitrogens with zero attached hydrogens (tertiary/aromatic N) is 3. The summed E-state index contributed by atoms with van der Waals surface area (Å²) in [6.07, 6.45) is 4.05. The number of aryl methyl sites for hydroxylation is 2. The van der Waals surface area contributed by atoms with E-state index in [4.69, 9.17) is 4.74 Å². The lowest BCUT2D eigenvalue weighted by atomic mass is 10.1. The van der Waals surface area contributed by atoms with Crippen molar-refractivity contribution in [3.05, 3.63) is 66.2 Å². The van der Waals surface area contributed by atoms with Gasteiger partial charge in [0, 0.05) is 5.69 Å². The zero-order valence-corrected chi connectivity index (χ0v) is 14.3. The van der Waals surface area contributed by atoms with Crippen molar-refractivity contribution in [2.24, 2.45) is 0 Å². The molecule has 1 heterocycles. The molecule has 1 aromatic heterocycles. The summed E-state index contributed by atoms with van der Waals surface area (Å²) in [5.74, 6) is 0.403. The van der Waals surface area contributed by atoms with Crippen LogP contribution in [0.1, 0.15) is 18.1 Å². The molecule has 1 amide bonds. The van der Waals surface area contributed by atoms with Crippen LogP contribution in [0.5, 0.6) is 5.75 Å². The quantitative estimate of drug-likeness (QED) is 0.751. The fourth-order valence-corrected chi connectivity index (χ4v) is 2.56. The van der Waals surface area contributed by atoms with Crippen molar-refractivity contribution in [2.75, 3.05) is 11.9 Å². The molecule has 0 aliphatic heterocycles. The molecule has 25 heavy (non-hydrogen) atoms. The zero-order chi connectivity index (χ0) is 17.6. The largest absolute Gasteiger partial charge is 0.482 e. The molecule has 128 valence electrons. The fourth-order valence-electron chi connectivity index (χ4n) is 2.56. The molecule has 6 heteroatoms. The Bertz CT molecular complexity index is 860. The van der Waals surface area contributed by atoms with Crippen LogP contribution >= 0.6 is 0 Å². The zero-order valence-electron chi connectivity index (χ0n) is 14.3. The number of nitrogens with one attached hydrogen (secondary N) is 1. The molecule has 0 spiro atoms. The van der Waals surface area contributed by atoms with E-state index in [0.717, 1.165) is 28.9 Å². The lowest BCUT2D eigenvalue weighted by Gasteiger charge is -2.13. The second-order valence-corrected chi connectivity index (χ2v) is 5.69. The van der Waals surface area contributed by atoms with Crippen molar-refractivity contribution < 1.29 is 9.53 Å². The molecule has 0 aliphatic carbocycles. The van der Waals surface area contributed by atoms with Crippen LogP contribution in [0, 0.1) is 6.92 Å². The molecule has 2 aromatic carbocycles. The SMILES string of the molecule is CCc1ccccc1NC(=O)COc1ccc(C)cc1-n1cnnc1. The van der Waals surface area contributed by atoms with E-state index in [0.29, 0.717) is 5.75 Å². The Morgan fingerprint density at radius 1 is 1.16 bits per heavy atom. The topological polar surface area (TPSA) is 69.0 Å². The van der Waals surface area contributed by atoms with Gasteiger partial charge in [-0.05, 0) is 42.7 Å². The van der Waals surface area contributed by atoms with Crippen LogP contribution in [0.2, 0.25) is 0 Å². The minimum absolute atomic E-state index is 0.0732. The van der Waals surface area contributed by atoms with E-state index in [-0.39, 0.29) is 12.5 Å². The number of para-hydroxylation sites is 1. The number of hydrogen-bond donors (Lipinski definition) is 1. The van der Waals surface area contributed by atoms with Gasteiger partial charge in [-0.2, -0.15) is 0 Å². The van der Waals surface area contributed by atoms with Gasteiger partial charge < -0.3 is 10.1 Å². The van der Waals surface area contributed by atoms with Gasteiger partial charge in [-0.25, -0.2) is 0 Å². The smallest absolute Gasteiger partial charge is 0.262 e. The molecule has 0 radical (unpaired) electrons. The van der Waals surface area contributed by atoms with E-state index in [2.05, 4.69) is 22.4 Å². The van der Waals surface area contributed by atoms with Crippen LogP contribution in [-0.2, 0) is 11.2 Å². The maximum absolute atomic E-state index is 12.3. The average molecular weight is 336 g/mol. The molecule has 0 fully saturated rings. The number of rotatable bonds is 6. The van der Waals surface area contributed by atoms with Gasteiger partial charge in [-0.15, -0.1) is 10.2 Å². The van der Waals surface area contributed by atoms with E-state index in [9.17, 15) is 4.79 Å². The molecule has 0 saturated carbocycles. The molecule has 6 nitrogen and oxygen atoms in total. The van der Waals surface area contributed by atoms with Crippen molar-refractivity contribution in [3.8, 4) is 11.4 Å². The molecular weight excluding hydrogens is 316 g/mol. The van der Waals surface area contributed by atoms with Gasteiger partial charge in [0.05, 0.1) is 5.69 Å². The minimum atomic E-state index is -0.198. The summed E-state index contributed by atoms with van der Waals surface area (Å²) in [4.78, 5) is 12.3. The number of benzene rings is 2. The van der Waals surface area contributed by atoms with E-state index in [1.165, 1.54) is 0 Å². The second kappa shape index (κ2) is 7.61. The van der Waals surface area contributed by atoms with Gasteiger partial charge in [-0.3, -0.25) is 9.36 Å². The van der Waals surface area contributed by atoms with Crippen LogP contribution < -0.4 is 10.1 Å². The van der Waals surface area contributed by atoms with Crippen LogP contribution in [0.25, 0.3) is 5.69 Å². The number of amides is 1. The monoisotopic (exact) mass is 336 g/mol. The Kier molecular flexibility index (Phi) is 5.09. The highest BCUT2D eigenvalue weighted by atomic mass is 16.5. The van der Waals surface area contributed by atoms with E-state index in [1.54, 1.807) is 17.2 Å². The molecule has 1 N–H and O–H groups in total. The van der Waals surface area contributed by atoms with Crippen molar-refractivity contribution >= 4 is 11.6 Å². The standard InChI is InChI=1S/C19H20N4O2/c1-3-15-6-4-5-7-16(15)22-19(24)11-25-18-9-8-14(2)10-17(18)23-12-20-21-13-23/h4-10,12-13H,3,11H2,1-2H3,(H,22,24). The third-order valence-electron chi connectivity index (χ3n) is 3.84. The minimum Gasteiger partial charge on any atom is -0.482 e. The van der Waals surface area contributed by atoms with Gasteiger partial charge in [0.25, 0.3) is 5.91 Å². The summed E-state index contributed by atoms with van der Waals surface area (Å²) in [6.45, 7) is 3.97. The molecule has 0 atom stereocenters. The van der Waals surface area contributed by atoms with Crippen LogP contribution in [0.3, 0.4) is 0 Å². The molecular formula is C19H20N4O2. The summed E-state index contributed by atoms with van der Waals surface area (Å²) >= 11 is 0. The number of hydrogen-bond acceptors (Lipinski definition) is 4. The van der Waals surface area contributed by atoms with Gasteiger partial charge >= 0.3 is 0 Å². The first-order chi connectivity index (χ1) is 12.2. The van der Waals surface area contributed by atoms with Crippen LogP contribution in [0.4, 0.5) is 5.69 Å². The second-order valence-electron chi connectivity index (χ2n) is 5.69. The summed E-state index contributed by atoms with van der Waals surface area (Å²) in [6, 6.07) is 13.5. The average Bonchev–Trinajstić information content (AvgIpc) is 3.15. The third-order valence-corrected chi connectivity index (χ3v) is 3.84. The molecule has 3 aromatic rings. The Balaban J connectivity index is 1.70. The van der Waals surface area contributed by atoms with Crippen LogP contribution in [0.15, 0.2) is 55.1 Å². The number of carbonyl (C=O) groups excluding carboxylic acids is 1. The highest BCUT2D eigenvalue weighted by Gasteiger charge is 2.10. The first-order valence-electron chi connectivity index (χ1n) is 8.13. The fraction of sp³-hybridized carbons (Fsp3) is 0.211. The molecule has 3 rings (SSSR count). The van der Waals surface area contributed by atoms with Gasteiger partial charge in [-0.1, -0.05) is 31.2 Å². The van der Waals surface area contributed by atoms with E-state index in [1.807, 2.05) is 49.4 Å². The van der Waals surface area contributed by atoms with Gasteiger partial charge in [0.1, 0.15) is 18.4 Å². The van der Waals surface area contributed by atoms with Crippen molar-refractivity contribution in [1.82, 2.24) is 14.8 Å². The first kappa shape index (κ1) is 16.7. The maximum atomic E-state index is 12.3. The number of aromatic nitrogens is 3. The van der Waals surface area contributed by atoms with Crippen molar-refractivity contribution in [3.63, 3.8) is 0 Å². The predicted octanol–water partition coefficient (Wildman–Crippen LogP) is 3.16. The van der Waals surface area contributed by atoms with Crippen molar-refractivity contribution in [2.45, 2.75) is 20.3 Å². The highest BCUT2D eigenvalue weighted by Crippen LogP contribution is 2.24. The lowest BCUT2D eigenvalue weighted by molar-refractivity contribution is -0.118. The van der Waals surface area contributed by atoms with Crippen LogP contribution in [-0.4, -0.2) is 27.3 Å². The van der Waals surface area contributed by atoms with E-state index >= 15 is 0 Å². The first-order valence-corrected chi connectivity index (χ1v) is 8.13. The molecule has 0 aliphatic rings. The Morgan fingerprint density at radius 3 is 2.68 bits per heavy atom. The summed E-state index contributed by atoms with van der Waals surface area (Å²) < 4.78 is 7.49. The number of ether oxygens (including phenoxy) is 1. The molecule has 0 bridgehead atoms. The normalized spacial score (nSPS) is 10.5. The molecule has 0 saturated heterocycles. The maximum Gasteiger partial charge on any atom is 0.262 e. The summed E-state index contributed by atoms with van der Waals surface area (Å²) in [5.41, 5.74) is 3.79. The summed E-state index contributed by atoms with van der Waals surface area (Å²) in [7, 11) is 0. The highest BCUT2D eigenvalue weighted by molar-refractivity contribution is 5.92. The Hall–Kier alpha value is -3.15. The third kappa shape index (κ3) is 4.03. The van der Waals surface area contributed by atoms with Crippen molar-refractivity contribution in [1.29, 1.82) is 0 Å². The molecule has 0 unspecified atom stereocenters. The number of carbonyl (C=O) groups is 1. The Labute approximate surface area is 146 Å². The lowest BCUT2D eigenvalue weighted by Crippen LogP contribution is -2.21. The summed E-state index contributed by atoms with van der Waals surface area (Å²) in [5, 5.41) is 10.5. The Morgan fingerprint density at radius 2 is 1.92 bits per heavy atom. The van der Waals surface area contributed by atoms with Gasteiger partial charge in [0.15, 0.2) is 6.61 Å². The number of anilines is 1.